The molecule has 0 saturated heterocycles. The van der Waals surface area contributed by atoms with Gasteiger partial charge in [0.1, 0.15) is 5.82 Å². The van der Waals surface area contributed by atoms with Crippen LogP contribution in [0, 0.1) is 6.92 Å². The molecule has 21 heavy (non-hydrogen) atoms. The van der Waals surface area contributed by atoms with E-state index in [1.807, 2.05) is 31.2 Å². The van der Waals surface area contributed by atoms with Crippen molar-refractivity contribution < 1.29 is 4.79 Å². The highest BCUT2D eigenvalue weighted by Gasteiger charge is 2.07. The molecule has 0 saturated carbocycles. The molecule has 0 radical (unpaired) electrons. The summed E-state index contributed by atoms with van der Waals surface area (Å²) in [5.41, 5.74) is 2.58. The number of rotatable bonds is 6. The Morgan fingerprint density at radius 3 is 2.48 bits per heavy atom. The SMILES string of the molecule is CCCNc1ccc(C(=O)NCc2ccc(C)cc2)nn1. The summed E-state index contributed by atoms with van der Waals surface area (Å²) in [4.78, 5) is 12.0. The van der Waals surface area contributed by atoms with E-state index in [0.717, 1.165) is 18.5 Å². The fourth-order valence-corrected chi connectivity index (χ4v) is 1.78. The Morgan fingerprint density at radius 1 is 1.10 bits per heavy atom. The van der Waals surface area contributed by atoms with Gasteiger partial charge in [0.2, 0.25) is 0 Å². The smallest absolute Gasteiger partial charge is 0.272 e. The summed E-state index contributed by atoms with van der Waals surface area (Å²) in [6, 6.07) is 11.5. The van der Waals surface area contributed by atoms with Gasteiger partial charge < -0.3 is 10.6 Å². The van der Waals surface area contributed by atoms with Gasteiger partial charge in [-0.2, -0.15) is 0 Å². The van der Waals surface area contributed by atoms with E-state index in [4.69, 9.17) is 0 Å². The normalized spacial score (nSPS) is 10.2. The quantitative estimate of drug-likeness (QED) is 0.855. The van der Waals surface area contributed by atoms with Crippen LogP contribution in [0.4, 0.5) is 5.82 Å². The summed E-state index contributed by atoms with van der Waals surface area (Å²) in [6.07, 6.45) is 1.01. The number of carbonyl (C=O) groups excluding carboxylic acids is 1. The number of hydrogen-bond donors (Lipinski definition) is 2. The van der Waals surface area contributed by atoms with Gasteiger partial charge in [0.25, 0.3) is 5.91 Å². The van der Waals surface area contributed by atoms with Gasteiger partial charge in [0.15, 0.2) is 5.69 Å². The molecule has 2 N–H and O–H groups in total. The molecule has 0 spiro atoms. The van der Waals surface area contributed by atoms with Crippen molar-refractivity contribution in [3.8, 4) is 0 Å². The molecule has 2 rings (SSSR count). The molecule has 1 amide bonds. The maximum atomic E-state index is 12.0. The molecule has 0 aliphatic carbocycles. The summed E-state index contributed by atoms with van der Waals surface area (Å²) >= 11 is 0. The van der Waals surface area contributed by atoms with Crippen molar-refractivity contribution in [1.29, 1.82) is 0 Å². The van der Waals surface area contributed by atoms with Crippen molar-refractivity contribution in [2.75, 3.05) is 11.9 Å². The lowest BCUT2D eigenvalue weighted by Gasteiger charge is -2.06. The minimum atomic E-state index is -0.217. The molecule has 1 aromatic heterocycles. The molecule has 2 aromatic rings. The summed E-state index contributed by atoms with van der Waals surface area (Å²) in [7, 11) is 0. The summed E-state index contributed by atoms with van der Waals surface area (Å²) in [5, 5.41) is 13.9. The number of carbonyl (C=O) groups is 1. The molecule has 110 valence electrons. The van der Waals surface area contributed by atoms with Crippen molar-refractivity contribution in [2.24, 2.45) is 0 Å². The number of anilines is 1. The third-order valence-corrected chi connectivity index (χ3v) is 3.03. The molecular formula is C16H20N4O. The first kappa shape index (κ1) is 15.0. The molecule has 0 fully saturated rings. The van der Waals surface area contributed by atoms with Crippen molar-refractivity contribution in [1.82, 2.24) is 15.5 Å². The fraction of sp³-hybridized carbons (Fsp3) is 0.312. The first-order valence-corrected chi connectivity index (χ1v) is 7.10. The second-order valence-corrected chi connectivity index (χ2v) is 4.90. The largest absolute Gasteiger partial charge is 0.369 e. The lowest BCUT2D eigenvalue weighted by Crippen LogP contribution is -2.24. The van der Waals surface area contributed by atoms with E-state index in [9.17, 15) is 4.79 Å². The zero-order chi connectivity index (χ0) is 15.1. The monoisotopic (exact) mass is 284 g/mol. The Bertz CT molecular complexity index is 578. The van der Waals surface area contributed by atoms with E-state index in [1.165, 1.54) is 5.56 Å². The second kappa shape index (κ2) is 7.38. The van der Waals surface area contributed by atoms with Gasteiger partial charge in [0, 0.05) is 13.1 Å². The van der Waals surface area contributed by atoms with Crippen molar-refractivity contribution >= 4 is 11.7 Å². The highest BCUT2D eigenvalue weighted by molar-refractivity contribution is 5.92. The van der Waals surface area contributed by atoms with E-state index >= 15 is 0 Å². The molecule has 0 aliphatic rings. The van der Waals surface area contributed by atoms with Crippen LogP contribution in [0.1, 0.15) is 35.0 Å². The van der Waals surface area contributed by atoms with Crippen LogP contribution in [-0.2, 0) is 6.54 Å². The number of benzene rings is 1. The van der Waals surface area contributed by atoms with Crippen LogP contribution in [0.3, 0.4) is 0 Å². The average Bonchev–Trinajstić information content (AvgIpc) is 2.52. The Labute approximate surface area is 124 Å². The maximum absolute atomic E-state index is 12.0. The van der Waals surface area contributed by atoms with Crippen LogP contribution >= 0.6 is 0 Å². The number of aromatic nitrogens is 2. The average molecular weight is 284 g/mol. The van der Waals surface area contributed by atoms with Crippen LogP contribution in [0.2, 0.25) is 0 Å². The Morgan fingerprint density at radius 2 is 1.86 bits per heavy atom. The number of nitrogens with zero attached hydrogens (tertiary/aromatic N) is 2. The molecule has 0 bridgehead atoms. The van der Waals surface area contributed by atoms with E-state index < -0.39 is 0 Å². The Hall–Kier alpha value is -2.43. The number of aryl methyl sites for hydroxylation is 1. The molecule has 5 heteroatoms. The predicted octanol–water partition coefficient (Wildman–Crippen LogP) is 2.54. The van der Waals surface area contributed by atoms with E-state index in [2.05, 4.69) is 27.8 Å². The summed E-state index contributed by atoms with van der Waals surface area (Å²) in [6.45, 7) is 5.43. The van der Waals surface area contributed by atoms with Gasteiger partial charge in [-0.1, -0.05) is 36.8 Å². The minimum Gasteiger partial charge on any atom is -0.369 e. The third-order valence-electron chi connectivity index (χ3n) is 3.03. The summed E-state index contributed by atoms with van der Waals surface area (Å²) in [5.74, 6) is 0.469. The van der Waals surface area contributed by atoms with Gasteiger partial charge in [-0.3, -0.25) is 4.79 Å². The highest BCUT2D eigenvalue weighted by Crippen LogP contribution is 2.04. The minimum absolute atomic E-state index is 0.217. The lowest BCUT2D eigenvalue weighted by atomic mass is 10.1. The van der Waals surface area contributed by atoms with Gasteiger partial charge in [-0.25, -0.2) is 0 Å². The predicted molar refractivity (Wildman–Crippen MR) is 83.2 cm³/mol. The fourth-order valence-electron chi connectivity index (χ4n) is 1.78. The zero-order valence-electron chi connectivity index (χ0n) is 12.4. The summed E-state index contributed by atoms with van der Waals surface area (Å²) < 4.78 is 0. The van der Waals surface area contributed by atoms with Crippen molar-refractivity contribution in [3.05, 3.63) is 53.2 Å². The van der Waals surface area contributed by atoms with Gasteiger partial charge in [-0.15, -0.1) is 10.2 Å². The molecule has 0 unspecified atom stereocenters. The van der Waals surface area contributed by atoms with Gasteiger partial charge >= 0.3 is 0 Å². The number of hydrogen-bond acceptors (Lipinski definition) is 4. The molecular weight excluding hydrogens is 264 g/mol. The van der Waals surface area contributed by atoms with E-state index in [-0.39, 0.29) is 5.91 Å². The topological polar surface area (TPSA) is 66.9 Å². The maximum Gasteiger partial charge on any atom is 0.272 e. The highest BCUT2D eigenvalue weighted by atomic mass is 16.1. The van der Waals surface area contributed by atoms with Gasteiger partial charge in [-0.05, 0) is 31.0 Å². The number of nitrogens with one attached hydrogen (secondary N) is 2. The molecule has 5 nitrogen and oxygen atoms in total. The molecule has 1 heterocycles. The lowest BCUT2D eigenvalue weighted by molar-refractivity contribution is 0.0945. The van der Waals surface area contributed by atoms with Crippen LogP contribution in [0.15, 0.2) is 36.4 Å². The van der Waals surface area contributed by atoms with Crippen molar-refractivity contribution in [3.63, 3.8) is 0 Å². The third kappa shape index (κ3) is 4.56. The van der Waals surface area contributed by atoms with Gasteiger partial charge in [0.05, 0.1) is 0 Å². The van der Waals surface area contributed by atoms with E-state index in [0.29, 0.717) is 18.1 Å². The van der Waals surface area contributed by atoms with Crippen LogP contribution in [-0.4, -0.2) is 22.6 Å². The Kier molecular flexibility index (Phi) is 5.26. The second-order valence-electron chi connectivity index (χ2n) is 4.90. The van der Waals surface area contributed by atoms with Crippen LogP contribution in [0.25, 0.3) is 0 Å². The molecule has 1 aromatic carbocycles. The zero-order valence-corrected chi connectivity index (χ0v) is 12.4. The van der Waals surface area contributed by atoms with Crippen molar-refractivity contribution in [2.45, 2.75) is 26.8 Å². The first-order chi connectivity index (χ1) is 10.2. The van der Waals surface area contributed by atoms with Crippen LogP contribution < -0.4 is 10.6 Å². The standard InChI is InChI=1S/C16H20N4O/c1-3-10-17-15-9-8-14(19-20-15)16(21)18-11-13-6-4-12(2)5-7-13/h4-9H,3,10-11H2,1-2H3,(H,17,20)(H,18,21). The molecule has 0 atom stereocenters. The first-order valence-electron chi connectivity index (χ1n) is 7.10. The number of amides is 1. The van der Waals surface area contributed by atoms with Crippen LogP contribution in [0.5, 0.6) is 0 Å². The molecule has 0 aliphatic heterocycles. The van der Waals surface area contributed by atoms with E-state index in [1.54, 1.807) is 12.1 Å². The Balaban J connectivity index is 1.89.